The maximum Gasteiger partial charge on any atom is 0.184 e. The zero-order chi connectivity index (χ0) is 18.5. The molecule has 2 aliphatic heterocycles. The molecule has 2 heterocycles. The second-order valence-corrected chi connectivity index (χ2v) is 7.87. The molecule has 2 aromatic carbocycles. The van der Waals surface area contributed by atoms with E-state index < -0.39 is 0 Å². The Morgan fingerprint density at radius 3 is 2.41 bits per heavy atom. The molecule has 0 unspecified atom stereocenters. The van der Waals surface area contributed by atoms with Gasteiger partial charge in [-0.25, -0.2) is 0 Å². The first-order chi connectivity index (χ1) is 13.3. The summed E-state index contributed by atoms with van der Waals surface area (Å²) in [5.74, 6) is 0.856. The fourth-order valence-corrected chi connectivity index (χ4v) is 4.47. The predicted octanol–water partition coefficient (Wildman–Crippen LogP) is 4.31. The molecule has 144 valence electrons. The van der Waals surface area contributed by atoms with Crippen LogP contribution in [-0.2, 0) is 16.0 Å². The molecule has 4 nitrogen and oxygen atoms in total. The number of methoxy groups -OCH3 is 1. The molecule has 2 aromatic rings. The van der Waals surface area contributed by atoms with Crippen molar-refractivity contribution in [3.63, 3.8) is 0 Å². The van der Waals surface area contributed by atoms with Gasteiger partial charge < -0.3 is 18.7 Å². The van der Waals surface area contributed by atoms with Gasteiger partial charge in [0.25, 0.3) is 0 Å². The zero-order valence-corrected chi connectivity index (χ0v) is 16.2. The van der Waals surface area contributed by atoms with Gasteiger partial charge in [-0.05, 0) is 31.4 Å². The molecular weight excluding hydrogens is 338 g/mol. The molecule has 0 bridgehead atoms. The van der Waals surface area contributed by atoms with E-state index in [0.29, 0.717) is 6.61 Å². The lowest BCUT2D eigenvalue weighted by Crippen LogP contribution is -2.54. The minimum Gasteiger partial charge on any atom is -0.497 e. The van der Waals surface area contributed by atoms with Gasteiger partial charge in [-0.1, -0.05) is 42.5 Å². The number of hydrogen-bond acceptors (Lipinski definition) is 3. The van der Waals surface area contributed by atoms with Crippen LogP contribution in [0.15, 0.2) is 54.6 Å². The summed E-state index contributed by atoms with van der Waals surface area (Å²) in [5, 5.41) is 0. The monoisotopic (exact) mass is 368 g/mol. The number of likely N-dealkylation sites (tertiary alicyclic amines) is 1. The van der Waals surface area contributed by atoms with Gasteiger partial charge in [0.1, 0.15) is 24.9 Å². The molecule has 2 aliphatic rings. The van der Waals surface area contributed by atoms with Crippen LogP contribution >= 0.6 is 0 Å². The van der Waals surface area contributed by atoms with Gasteiger partial charge in [-0.3, -0.25) is 0 Å². The van der Waals surface area contributed by atoms with Crippen molar-refractivity contribution in [2.75, 3.05) is 33.4 Å². The first-order valence-electron chi connectivity index (χ1n) is 10.1. The summed E-state index contributed by atoms with van der Waals surface area (Å²) in [6, 6.07) is 18.9. The summed E-state index contributed by atoms with van der Waals surface area (Å²) in [7, 11) is 1.68. The van der Waals surface area contributed by atoms with E-state index in [1.54, 1.807) is 7.11 Å². The van der Waals surface area contributed by atoms with Crippen molar-refractivity contribution >= 4 is 0 Å². The molecule has 0 spiro atoms. The van der Waals surface area contributed by atoms with Crippen molar-refractivity contribution in [3.8, 4) is 5.75 Å². The molecule has 2 fully saturated rings. The lowest BCUT2D eigenvalue weighted by Gasteiger charge is -2.42. The Bertz CT molecular complexity index is 710. The SMILES string of the molecule is COc1ccc([C@H]2OC[C@@H](C[N+]3(Cc4ccccc4)CCCCC3)O2)cc1. The molecule has 0 N–H and O–H groups in total. The Balaban J connectivity index is 1.42. The van der Waals surface area contributed by atoms with Crippen LogP contribution in [-0.4, -0.2) is 43.9 Å². The van der Waals surface area contributed by atoms with Crippen LogP contribution in [0.4, 0.5) is 0 Å². The zero-order valence-electron chi connectivity index (χ0n) is 16.2. The molecule has 27 heavy (non-hydrogen) atoms. The van der Waals surface area contributed by atoms with Gasteiger partial charge in [0.2, 0.25) is 0 Å². The largest absolute Gasteiger partial charge is 0.497 e. The highest BCUT2D eigenvalue weighted by Gasteiger charge is 2.37. The number of piperidine rings is 1. The number of rotatable bonds is 6. The van der Waals surface area contributed by atoms with Crippen LogP contribution in [0.2, 0.25) is 0 Å². The van der Waals surface area contributed by atoms with Crippen molar-refractivity contribution in [2.24, 2.45) is 0 Å². The van der Waals surface area contributed by atoms with E-state index in [-0.39, 0.29) is 12.4 Å². The summed E-state index contributed by atoms with van der Waals surface area (Å²) in [6.45, 7) is 5.27. The summed E-state index contributed by atoms with van der Waals surface area (Å²) in [6.07, 6.45) is 3.86. The minimum atomic E-state index is -0.262. The molecule has 0 radical (unpaired) electrons. The van der Waals surface area contributed by atoms with E-state index in [4.69, 9.17) is 14.2 Å². The smallest absolute Gasteiger partial charge is 0.184 e. The summed E-state index contributed by atoms with van der Waals surface area (Å²) < 4.78 is 18.7. The molecular formula is C23H30NO3+. The van der Waals surface area contributed by atoms with Gasteiger partial charge in [-0.2, -0.15) is 0 Å². The lowest BCUT2D eigenvalue weighted by molar-refractivity contribution is -0.947. The van der Waals surface area contributed by atoms with Crippen LogP contribution in [0.1, 0.15) is 36.7 Å². The van der Waals surface area contributed by atoms with Crippen LogP contribution in [0.5, 0.6) is 5.75 Å². The van der Waals surface area contributed by atoms with Crippen LogP contribution in [0.3, 0.4) is 0 Å². The topological polar surface area (TPSA) is 27.7 Å². The Morgan fingerprint density at radius 2 is 1.70 bits per heavy atom. The second kappa shape index (κ2) is 8.42. The van der Waals surface area contributed by atoms with Gasteiger partial charge >= 0.3 is 0 Å². The molecule has 0 saturated carbocycles. The summed E-state index contributed by atoms with van der Waals surface area (Å²) in [4.78, 5) is 0. The summed E-state index contributed by atoms with van der Waals surface area (Å²) >= 11 is 0. The highest BCUT2D eigenvalue weighted by Crippen LogP contribution is 2.31. The van der Waals surface area contributed by atoms with Crippen LogP contribution in [0, 0.1) is 0 Å². The molecule has 4 rings (SSSR count). The van der Waals surface area contributed by atoms with Gasteiger partial charge in [0.15, 0.2) is 6.29 Å². The van der Waals surface area contributed by atoms with Gasteiger partial charge in [0.05, 0.1) is 26.8 Å². The Hall–Kier alpha value is -1.88. The lowest BCUT2D eigenvalue weighted by atomic mass is 10.0. The predicted molar refractivity (Wildman–Crippen MR) is 105 cm³/mol. The van der Waals surface area contributed by atoms with Crippen molar-refractivity contribution in [1.82, 2.24) is 0 Å². The van der Waals surface area contributed by atoms with Crippen molar-refractivity contribution < 1.29 is 18.7 Å². The van der Waals surface area contributed by atoms with E-state index in [0.717, 1.165) is 28.9 Å². The molecule has 2 saturated heterocycles. The van der Waals surface area contributed by atoms with E-state index in [1.807, 2.05) is 24.3 Å². The maximum absolute atomic E-state index is 6.31. The average molecular weight is 368 g/mol. The third-order valence-electron chi connectivity index (χ3n) is 5.85. The first kappa shape index (κ1) is 18.5. The summed E-state index contributed by atoms with van der Waals surface area (Å²) in [5.41, 5.74) is 2.48. The third-order valence-corrected chi connectivity index (χ3v) is 5.85. The number of nitrogens with zero attached hydrogens (tertiary/aromatic N) is 1. The fourth-order valence-electron chi connectivity index (χ4n) is 4.47. The Morgan fingerprint density at radius 1 is 0.963 bits per heavy atom. The second-order valence-electron chi connectivity index (χ2n) is 7.87. The van der Waals surface area contributed by atoms with E-state index in [9.17, 15) is 0 Å². The van der Waals surface area contributed by atoms with Crippen molar-refractivity contribution in [2.45, 2.75) is 38.2 Å². The normalized spacial score (nSPS) is 24.6. The quantitative estimate of drug-likeness (QED) is 0.711. The Labute approximate surface area is 162 Å². The van der Waals surface area contributed by atoms with Crippen LogP contribution < -0.4 is 4.74 Å². The van der Waals surface area contributed by atoms with Crippen molar-refractivity contribution in [3.05, 3.63) is 65.7 Å². The first-order valence-corrected chi connectivity index (χ1v) is 10.1. The van der Waals surface area contributed by atoms with Crippen molar-refractivity contribution in [1.29, 1.82) is 0 Å². The molecule has 2 atom stereocenters. The molecule has 0 aromatic heterocycles. The van der Waals surface area contributed by atoms with E-state index in [2.05, 4.69) is 30.3 Å². The number of benzene rings is 2. The third kappa shape index (κ3) is 4.52. The number of ether oxygens (including phenoxy) is 3. The highest BCUT2D eigenvalue weighted by atomic mass is 16.7. The molecule has 4 heteroatoms. The highest BCUT2D eigenvalue weighted by molar-refractivity contribution is 5.28. The minimum absolute atomic E-state index is 0.152. The number of hydrogen-bond donors (Lipinski definition) is 0. The maximum atomic E-state index is 6.31. The van der Waals surface area contributed by atoms with Crippen LogP contribution in [0.25, 0.3) is 0 Å². The number of quaternary nitrogens is 1. The molecule has 0 aliphatic carbocycles. The van der Waals surface area contributed by atoms with Gasteiger partial charge in [0, 0.05) is 11.1 Å². The average Bonchev–Trinajstić information content (AvgIpc) is 3.17. The Kier molecular flexibility index (Phi) is 5.77. The molecule has 0 amide bonds. The van der Waals surface area contributed by atoms with Gasteiger partial charge in [-0.15, -0.1) is 0 Å². The fraction of sp³-hybridized carbons (Fsp3) is 0.478. The standard InChI is InChI=1S/C23H30NO3/c1-25-21-12-10-20(11-13-21)23-26-18-22(27-23)17-24(14-6-3-7-15-24)16-19-8-4-2-5-9-19/h2,4-5,8-13,22-23H,3,6-7,14-18H2,1H3/q+1/t22-,23+/m1/s1. The van der Waals surface area contributed by atoms with E-state index in [1.165, 1.54) is 37.9 Å². The van der Waals surface area contributed by atoms with E-state index >= 15 is 0 Å².